The number of hydrogen-bond donors (Lipinski definition) is 1. The van der Waals surface area contributed by atoms with E-state index in [1.165, 1.54) is 18.2 Å². The number of benzene rings is 1. The fourth-order valence-electron chi connectivity index (χ4n) is 2.09. The first-order valence-electron chi connectivity index (χ1n) is 5.82. The molecule has 1 aliphatic rings. The number of halogens is 1. The lowest BCUT2D eigenvalue weighted by atomic mass is 9.89. The molecule has 1 aliphatic heterocycles. The zero-order chi connectivity index (χ0) is 13.3. The van der Waals surface area contributed by atoms with Gasteiger partial charge in [0.05, 0.1) is 0 Å². The van der Waals surface area contributed by atoms with Gasteiger partial charge in [-0.2, -0.15) is 0 Å². The van der Waals surface area contributed by atoms with Crippen LogP contribution >= 0.6 is 0 Å². The molecule has 0 atom stereocenters. The van der Waals surface area contributed by atoms with Gasteiger partial charge >= 0.3 is 0 Å². The molecule has 0 unspecified atom stereocenters. The van der Waals surface area contributed by atoms with Gasteiger partial charge < -0.3 is 10.1 Å². The van der Waals surface area contributed by atoms with Crippen molar-refractivity contribution < 1.29 is 13.9 Å². The normalized spacial score (nSPS) is 19.0. The summed E-state index contributed by atoms with van der Waals surface area (Å²) in [4.78, 5) is 11.5. The van der Waals surface area contributed by atoms with E-state index in [0.717, 1.165) is 5.57 Å². The summed E-state index contributed by atoms with van der Waals surface area (Å²) in [7, 11) is 1.57. The predicted molar refractivity (Wildman–Crippen MR) is 67.8 cm³/mol. The van der Waals surface area contributed by atoms with E-state index in [1.807, 2.05) is 13.8 Å². The van der Waals surface area contributed by atoms with E-state index in [1.54, 1.807) is 13.1 Å². The van der Waals surface area contributed by atoms with Crippen molar-refractivity contribution in [2.75, 3.05) is 7.05 Å². The van der Waals surface area contributed by atoms with Crippen molar-refractivity contribution in [3.8, 4) is 5.75 Å². The third kappa shape index (κ3) is 2.53. The van der Waals surface area contributed by atoms with Crippen LogP contribution in [-0.4, -0.2) is 18.6 Å². The Hall–Kier alpha value is -1.84. The summed E-state index contributed by atoms with van der Waals surface area (Å²) in [5.41, 5.74) is 1.04. The van der Waals surface area contributed by atoms with Crippen molar-refractivity contribution in [1.29, 1.82) is 0 Å². The van der Waals surface area contributed by atoms with Gasteiger partial charge in [0.1, 0.15) is 17.2 Å². The molecule has 0 aromatic heterocycles. The summed E-state index contributed by atoms with van der Waals surface area (Å²) >= 11 is 0. The summed E-state index contributed by atoms with van der Waals surface area (Å²) in [6, 6.07) is 4.36. The Labute approximate surface area is 106 Å². The van der Waals surface area contributed by atoms with E-state index >= 15 is 0 Å². The molecule has 0 radical (unpaired) electrons. The van der Waals surface area contributed by atoms with Gasteiger partial charge in [0.15, 0.2) is 0 Å². The molecule has 0 saturated carbocycles. The molecule has 1 N–H and O–H groups in total. The lowest BCUT2D eigenvalue weighted by molar-refractivity contribution is -0.116. The number of nitrogens with one attached hydrogen (secondary N) is 1. The number of likely N-dealkylation sites (N-methyl/N-ethyl adjacent to an activating group) is 1. The minimum atomic E-state index is -0.398. The maximum atomic E-state index is 13.3. The lowest BCUT2D eigenvalue weighted by Gasteiger charge is -2.34. The van der Waals surface area contributed by atoms with Crippen molar-refractivity contribution >= 4 is 11.5 Å². The van der Waals surface area contributed by atoms with Gasteiger partial charge in [-0.25, -0.2) is 4.39 Å². The molecule has 0 aliphatic carbocycles. The number of hydrogen-bond acceptors (Lipinski definition) is 2. The topological polar surface area (TPSA) is 38.3 Å². The van der Waals surface area contributed by atoms with Crippen LogP contribution in [0.5, 0.6) is 5.75 Å². The van der Waals surface area contributed by atoms with Gasteiger partial charge in [-0.05, 0) is 37.6 Å². The van der Waals surface area contributed by atoms with E-state index in [4.69, 9.17) is 4.74 Å². The van der Waals surface area contributed by atoms with Gasteiger partial charge in [-0.3, -0.25) is 4.79 Å². The molecule has 18 heavy (non-hydrogen) atoms. The summed E-state index contributed by atoms with van der Waals surface area (Å²) < 4.78 is 19.1. The minimum Gasteiger partial charge on any atom is -0.487 e. The van der Waals surface area contributed by atoms with E-state index in [9.17, 15) is 9.18 Å². The average Bonchev–Trinajstić information content (AvgIpc) is 2.29. The van der Waals surface area contributed by atoms with Crippen LogP contribution in [-0.2, 0) is 4.79 Å². The molecular formula is C14H16FNO2. The van der Waals surface area contributed by atoms with Crippen LogP contribution in [0.2, 0.25) is 0 Å². The van der Waals surface area contributed by atoms with Gasteiger partial charge in [0.2, 0.25) is 5.91 Å². The van der Waals surface area contributed by atoms with Crippen LogP contribution in [0.25, 0.3) is 5.57 Å². The van der Waals surface area contributed by atoms with Crippen LogP contribution < -0.4 is 10.1 Å². The molecule has 0 spiro atoms. The van der Waals surface area contributed by atoms with E-state index < -0.39 is 5.60 Å². The quantitative estimate of drug-likeness (QED) is 0.777. The smallest absolute Gasteiger partial charge is 0.244 e. The number of carbonyl (C=O) groups is 1. The van der Waals surface area contributed by atoms with Gasteiger partial charge in [-0.15, -0.1) is 0 Å². The fourth-order valence-corrected chi connectivity index (χ4v) is 2.09. The van der Waals surface area contributed by atoms with Crippen LogP contribution in [0.1, 0.15) is 25.8 Å². The Bertz CT molecular complexity index is 521. The Balaban J connectivity index is 2.51. The first-order valence-corrected chi connectivity index (χ1v) is 5.82. The summed E-state index contributed by atoms with van der Waals surface area (Å²) in [5.74, 6) is 0.0839. The highest BCUT2D eigenvalue weighted by molar-refractivity contribution is 5.96. The molecule has 1 aromatic carbocycles. The van der Waals surface area contributed by atoms with Crippen LogP contribution in [0.3, 0.4) is 0 Å². The number of ether oxygens (including phenoxy) is 1. The van der Waals surface area contributed by atoms with Crippen molar-refractivity contribution in [2.45, 2.75) is 25.9 Å². The molecule has 3 nitrogen and oxygen atoms in total. The molecule has 2 rings (SSSR count). The Morgan fingerprint density at radius 1 is 1.50 bits per heavy atom. The molecule has 4 heteroatoms. The van der Waals surface area contributed by atoms with E-state index in [2.05, 4.69) is 5.32 Å². The van der Waals surface area contributed by atoms with Crippen LogP contribution in [0.15, 0.2) is 24.3 Å². The van der Waals surface area contributed by atoms with Gasteiger partial charge in [0.25, 0.3) is 0 Å². The average molecular weight is 249 g/mol. The second-order valence-corrected chi connectivity index (χ2v) is 4.96. The second kappa shape index (κ2) is 4.44. The maximum Gasteiger partial charge on any atom is 0.244 e. The number of fused-ring (bicyclic) bond motifs is 1. The fraction of sp³-hybridized carbons (Fsp3) is 0.357. The van der Waals surface area contributed by atoms with E-state index in [0.29, 0.717) is 17.7 Å². The zero-order valence-electron chi connectivity index (χ0n) is 10.7. The molecule has 1 aromatic rings. The summed E-state index contributed by atoms with van der Waals surface area (Å²) in [6.07, 6.45) is 2.07. The standard InChI is InChI=1S/C14H16FNO2/c1-14(2)8-9(6-13(17)16-3)11-7-10(15)4-5-12(11)18-14/h4-7H,8H2,1-3H3,(H,16,17)/b9-6+. The summed E-state index contributed by atoms with van der Waals surface area (Å²) in [5, 5.41) is 2.54. The SMILES string of the molecule is CNC(=O)/C=C1\CC(C)(C)Oc2ccc(F)cc21. The van der Waals surface area contributed by atoms with Crippen LogP contribution in [0, 0.1) is 5.82 Å². The summed E-state index contributed by atoms with van der Waals surface area (Å²) in [6.45, 7) is 3.88. The Morgan fingerprint density at radius 2 is 2.22 bits per heavy atom. The van der Waals surface area contributed by atoms with Gasteiger partial charge in [-0.1, -0.05) is 0 Å². The van der Waals surface area contributed by atoms with Crippen molar-refractivity contribution in [3.63, 3.8) is 0 Å². The number of carbonyl (C=O) groups excluding carboxylic acids is 1. The largest absolute Gasteiger partial charge is 0.487 e. The molecular weight excluding hydrogens is 233 g/mol. The van der Waals surface area contributed by atoms with Crippen molar-refractivity contribution in [2.24, 2.45) is 0 Å². The molecule has 1 heterocycles. The van der Waals surface area contributed by atoms with Crippen LogP contribution in [0.4, 0.5) is 4.39 Å². The number of amides is 1. The first-order chi connectivity index (χ1) is 8.41. The molecule has 1 amide bonds. The zero-order valence-corrected chi connectivity index (χ0v) is 10.7. The highest BCUT2D eigenvalue weighted by Crippen LogP contribution is 2.40. The van der Waals surface area contributed by atoms with Crippen molar-refractivity contribution in [1.82, 2.24) is 5.32 Å². The third-order valence-electron chi connectivity index (χ3n) is 2.84. The lowest BCUT2D eigenvalue weighted by Crippen LogP contribution is -2.32. The minimum absolute atomic E-state index is 0.196. The Kier molecular flexibility index (Phi) is 3.11. The monoisotopic (exact) mass is 249 g/mol. The number of rotatable bonds is 1. The molecule has 0 bridgehead atoms. The predicted octanol–water partition coefficient (Wildman–Crippen LogP) is 2.52. The molecule has 0 fully saturated rings. The Morgan fingerprint density at radius 3 is 2.89 bits per heavy atom. The van der Waals surface area contributed by atoms with Crippen molar-refractivity contribution in [3.05, 3.63) is 35.7 Å². The van der Waals surface area contributed by atoms with Gasteiger partial charge in [0, 0.05) is 25.1 Å². The maximum absolute atomic E-state index is 13.3. The third-order valence-corrected chi connectivity index (χ3v) is 2.84. The first kappa shape index (κ1) is 12.6. The highest BCUT2D eigenvalue weighted by atomic mass is 19.1. The highest BCUT2D eigenvalue weighted by Gasteiger charge is 2.30. The van der Waals surface area contributed by atoms with E-state index in [-0.39, 0.29) is 11.7 Å². The molecule has 0 saturated heterocycles. The molecule has 96 valence electrons. The second-order valence-electron chi connectivity index (χ2n) is 4.96.